The summed E-state index contributed by atoms with van der Waals surface area (Å²) in [6.07, 6.45) is 0. The van der Waals surface area contributed by atoms with Gasteiger partial charge < -0.3 is 14.4 Å². The Morgan fingerprint density at radius 3 is 1.10 bits per heavy atom. The molecule has 0 amide bonds. The number of hydrogen-bond acceptors (Lipinski definition) is 2. The SMILES string of the molecule is CC(C)(c1ccccc1)c1cccc(N2c3cc(C(C)(C)c4ccccc4)ccc3B3c4cc(-c5ccccc5)ccc4N(c4ccc(-c5ccccc5)cc4)c4cc(-n5c6ccc(C(C)(C)c7ccccc7)cc6c6cc(C(C)(C)c7ccccc7)ccc65)cc2c43)c1. The van der Waals surface area contributed by atoms with Crippen LogP contribution in [0.3, 0.4) is 0 Å². The normalized spacial score (nSPS) is 13.0. The van der Waals surface area contributed by atoms with Crippen molar-refractivity contribution in [3.8, 4) is 27.9 Å². The van der Waals surface area contributed by atoms with Crippen molar-refractivity contribution in [3.05, 3.63) is 360 Å². The zero-order chi connectivity index (χ0) is 64.1. The van der Waals surface area contributed by atoms with E-state index in [9.17, 15) is 0 Å². The quantitative estimate of drug-likeness (QED) is 0.107. The third-order valence-corrected chi connectivity index (χ3v) is 21.4. The van der Waals surface area contributed by atoms with E-state index >= 15 is 0 Å². The molecule has 2 aliphatic heterocycles. The second-order valence-corrected chi connectivity index (χ2v) is 28.1. The third-order valence-electron chi connectivity index (χ3n) is 21.4. The summed E-state index contributed by atoms with van der Waals surface area (Å²) in [4.78, 5) is 5.22. The molecule has 0 N–H and O–H groups in total. The molecule has 0 atom stereocenters. The van der Waals surface area contributed by atoms with Gasteiger partial charge in [0.05, 0.1) is 16.7 Å². The fourth-order valence-corrected chi connectivity index (χ4v) is 15.5. The van der Waals surface area contributed by atoms with Crippen LogP contribution < -0.4 is 26.2 Å². The van der Waals surface area contributed by atoms with E-state index in [1.807, 2.05) is 0 Å². The summed E-state index contributed by atoms with van der Waals surface area (Å²) >= 11 is 0. The molecule has 4 heteroatoms. The topological polar surface area (TPSA) is 11.4 Å². The Morgan fingerprint density at radius 2 is 0.617 bits per heavy atom. The van der Waals surface area contributed by atoms with Gasteiger partial charge in [0.25, 0.3) is 6.71 Å². The Morgan fingerprint density at radius 1 is 0.234 bits per heavy atom. The third kappa shape index (κ3) is 9.64. The molecule has 0 bridgehead atoms. The van der Waals surface area contributed by atoms with E-state index in [-0.39, 0.29) is 28.4 Å². The van der Waals surface area contributed by atoms with Gasteiger partial charge in [-0.15, -0.1) is 0 Å². The molecular weight excluding hydrogens is 1130 g/mol. The van der Waals surface area contributed by atoms with Gasteiger partial charge in [-0.3, -0.25) is 0 Å². The number of rotatable bonds is 13. The molecule has 3 nitrogen and oxygen atoms in total. The van der Waals surface area contributed by atoms with Gasteiger partial charge >= 0.3 is 0 Å². The smallest absolute Gasteiger partial charge is 0.252 e. The Bertz CT molecular complexity index is 5060. The second kappa shape index (κ2) is 22.6. The fraction of sp³-hybridized carbons (Fsp3) is 0.133. The highest BCUT2D eigenvalue weighted by Crippen LogP contribution is 2.50. The molecule has 0 saturated carbocycles. The van der Waals surface area contributed by atoms with Crippen LogP contribution in [0.15, 0.2) is 315 Å². The second-order valence-electron chi connectivity index (χ2n) is 28.1. The summed E-state index contributed by atoms with van der Waals surface area (Å²) in [7, 11) is 0. The largest absolute Gasteiger partial charge is 0.311 e. The van der Waals surface area contributed by atoms with E-state index in [0.717, 1.165) is 45.2 Å². The summed E-state index contributed by atoms with van der Waals surface area (Å²) in [5.41, 5.74) is 27.8. The van der Waals surface area contributed by atoms with Gasteiger partial charge in [-0.05, 0) is 156 Å². The van der Waals surface area contributed by atoms with Crippen LogP contribution >= 0.6 is 0 Å². The average Bonchev–Trinajstić information content (AvgIpc) is 0.907. The zero-order valence-corrected chi connectivity index (χ0v) is 54.9. The first-order chi connectivity index (χ1) is 45.6. The minimum atomic E-state index is -0.328. The molecule has 0 radical (unpaired) electrons. The molecule has 0 saturated heterocycles. The summed E-state index contributed by atoms with van der Waals surface area (Å²) in [5, 5.41) is 2.45. The Labute approximate surface area is 555 Å². The number of aromatic nitrogens is 1. The number of anilines is 6. The van der Waals surface area contributed by atoms with Gasteiger partial charge in [0.1, 0.15) is 0 Å². The van der Waals surface area contributed by atoms with Crippen LogP contribution in [0.2, 0.25) is 0 Å². The van der Waals surface area contributed by atoms with Gasteiger partial charge in [-0.2, -0.15) is 0 Å². The number of benzene rings is 13. The van der Waals surface area contributed by atoms with Gasteiger partial charge in [-0.1, -0.05) is 298 Å². The lowest BCUT2D eigenvalue weighted by Crippen LogP contribution is -2.61. The maximum absolute atomic E-state index is 2.64. The van der Waals surface area contributed by atoms with Crippen molar-refractivity contribution in [2.45, 2.75) is 77.0 Å². The van der Waals surface area contributed by atoms with Crippen LogP contribution in [0.25, 0.3) is 49.7 Å². The van der Waals surface area contributed by atoms with E-state index < -0.39 is 0 Å². The molecule has 14 aromatic rings. The summed E-state index contributed by atoms with van der Waals surface area (Å²) < 4.78 is 2.58. The van der Waals surface area contributed by atoms with Crippen LogP contribution in [0.5, 0.6) is 0 Å². The minimum Gasteiger partial charge on any atom is -0.311 e. The molecule has 2 aliphatic rings. The summed E-state index contributed by atoms with van der Waals surface area (Å²) in [6.45, 7) is 18.8. The number of hydrogen-bond donors (Lipinski definition) is 0. The van der Waals surface area contributed by atoms with Gasteiger partial charge in [0, 0.05) is 66.6 Å². The first kappa shape index (κ1) is 58.4. The maximum Gasteiger partial charge on any atom is 0.252 e. The zero-order valence-electron chi connectivity index (χ0n) is 54.9. The highest BCUT2D eigenvalue weighted by molar-refractivity contribution is 7.00. The molecule has 0 aliphatic carbocycles. The Hall–Kier alpha value is -10.7. The Balaban J connectivity index is 1.02. The lowest BCUT2D eigenvalue weighted by Gasteiger charge is -2.45. The van der Waals surface area contributed by atoms with Crippen molar-refractivity contribution >= 4 is 79.0 Å². The van der Waals surface area contributed by atoms with Crippen LogP contribution in [0.1, 0.15) is 99.9 Å². The molecular formula is C90H76BN3. The van der Waals surface area contributed by atoms with Crippen molar-refractivity contribution in [2.75, 3.05) is 9.80 Å². The molecule has 1 aromatic heterocycles. The van der Waals surface area contributed by atoms with Crippen molar-refractivity contribution < 1.29 is 0 Å². The monoisotopic (exact) mass is 1210 g/mol. The lowest BCUT2D eigenvalue weighted by atomic mass is 9.33. The molecule has 16 rings (SSSR count). The molecule has 3 heterocycles. The van der Waals surface area contributed by atoms with Crippen molar-refractivity contribution in [1.29, 1.82) is 0 Å². The summed E-state index contributed by atoms with van der Waals surface area (Å²) in [6, 6.07) is 119. The minimum absolute atomic E-state index is 0.148. The van der Waals surface area contributed by atoms with Crippen LogP contribution in [-0.2, 0) is 21.7 Å². The standard InChI is InChI=1S/C90H76BN3/c1-87(2,65-32-19-11-20-33-65)69-40-27-41-74(55-69)93-83-58-72(90(7,8)68-38-25-14-26-39-68)45-50-78(83)91-79-54-64(62-30-17-10-18-31-62)44-51-82(79)92(73-48-42-63(43-49-73)61-28-15-9-16-29-61)84-59-75(60-85(93)86(84)91)94-80-52-46-70(88(3,4)66-34-21-12-22-35-66)56-76(80)77-57-71(47-53-81(77)94)89(5,6)67-36-23-13-24-37-67/h9-60H,1-8H3. The summed E-state index contributed by atoms with van der Waals surface area (Å²) in [5.74, 6) is 0. The average molecular weight is 1210 g/mol. The predicted molar refractivity (Wildman–Crippen MR) is 400 cm³/mol. The lowest BCUT2D eigenvalue weighted by molar-refractivity contribution is 0.640. The highest BCUT2D eigenvalue weighted by Gasteiger charge is 2.45. The first-order valence-corrected chi connectivity index (χ1v) is 33.3. The highest BCUT2D eigenvalue weighted by atomic mass is 15.2. The molecule has 94 heavy (non-hydrogen) atoms. The maximum atomic E-state index is 2.64. The molecule has 13 aromatic carbocycles. The molecule has 454 valence electrons. The van der Waals surface area contributed by atoms with Crippen LogP contribution in [0, 0.1) is 0 Å². The van der Waals surface area contributed by atoms with Gasteiger partial charge in [-0.25, -0.2) is 0 Å². The van der Waals surface area contributed by atoms with E-state index in [1.54, 1.807) is 0 Å². The molecule has 0 spiro atoms. The van der Waals surface area contributed by atoms with E-state index in [1.165, 1.54) is 99.6 Å². The van der Waals surface area contributed by atoms with Crippen molar-refractivity contribution in [2.24, 2.45) is 0 Å². The van der Waals surface area contributed by atoms with Crippen LogP contribution in [0.4, 0.5) is 34.1 Å². The van der Waals surface area contributed by atoms with E-state index in [4.69, 9.17) is 0 Å². The van der Waals surface area contributed by atoms with Crippen molar-refractivity contribution in [3.63, 3.8) is 0 Å². The van der Waals surface area contributed by atoms with Gasteiger partial charge in [0.2, 0.25) is 0 Å². The number of nitrogens with zero attached hydrogens (tertiary/aromatic N) is 3. The van der Waals surface area contributed by atoms with Gasteiger partial charge in [0.15, 0.2) is 0 Å². The van der Waals surface area contributed by atoms with E-state index in [0.29, 0.717) is 0 Å². The predicted octanol–water partition coefficient (Wildman–Crippen LogP) is 21.5. The molecule has 0 unspecified atom stereocenters. The Kier molecular flexibility index (Phi) is 14.0. The van der Waals surface area contributed by atoms with E-state index in [2.05, 4.69) is 385 Å². The van der Waals surface area contributed by atoms with Crippen LogP contribution in [-0.4, -0.2) is 11.3 Å². The van der Waals surface area contributed by atoms with Crippen molar-refractivity contribution in [1.82, 2.24) is 4.57 Å². The fourth-order valence-electron chi connectivity index (χ4n) is 15.5. The number of fused-ring (bicyclic) bond motifs is 7. The molecule has 0 fully saturated rings. The first-order valence-electron chi connectivity index (χ1n) is 33.3.